The Balaban J connectivity index is 1.63. The molecule has 0 aromatic heterocycles. The van der Waals surface area contributed by atoms with E-state index in [1.807, 2.05) is 30.3 Å². The van der Waals surface area contributed by atoms with Crippen LogP contribution in [0.15, 0.2) is 30.3 Å². The van der Waals surface area contributed by atoms with Crippen molar-refractivity contribution in [2.45, 2.75) is 44.6 Å². The van der Waals surface area contributed by atoms with Gasteiger partial charge in [-0.2, -0.15) is 0 Å². The summed E-state index contributed by atoms with van der Waals surface area (Å²) >= 11 is 0. The molecule has 2 aliphatic rings. The normalized spacial score (nSPS) is 26.2. The molecule has 0 heterocycles. The minimum Gasteiger partial charge on any atom is -0.460 e. The van der Waals surface area contributed by atoms with Gasteiger partial charge in [0.05, 0.1) is 5.41 Å². The number of benzene rings is 1. The van der Waals surface area contributed by atoms with Crippen LogP contribution >= 0.6 is 0 Å². The lowest BCUT2D eigenvalue weighted by atomic mass is 9.84. The highest BCUT2D eigenvalue weighted by Crippen LogP contribution is 2.72. The molecule has 0 N–H and O–H groups in total. The molecule has 0 radical (unpaired) electrons. The third-order valence-electron chi connectivity index (χ3n) is 4.70. The summed E-state index contributed by atoms with van der Waals surface area (Å²) in [5.41, 5.74) is -0.276. The Morgan fingerprint density at radius 2 is 1.80 bits per heavy atom. The summed E-state index contributed by atoms with van der Waals surface area (Å²) in [7, 11) is 0. The molecule has 1 aromatic carbocycles. The van der Waals surface area contributed by atoms with Gasteiger partial charge in [0.15, 0.2) is 0 Å². The molecule has 1 aromatic rings. The van der Waals surface area contributed by atoms with Crippen molar-refractivity contribution in [3.63, 3.8) is 0 Å². The fourth-order valence-corrected chi connectivity index (χ4v) is 3.50. The largest absolute Gasteiger partial charge is 0.460 e. The van der Waals surface area contributed by atoms with Crippen LogP contribution in [-0.2, 0) is 16.1 Å². The number of carbonyl (C=O) groups excluding carboxylic acids is 1. The summed E-state index contributed by atoms with van der Waals surface area (Å²) in [5, 5.41) is 0. The van der Waals surface area contributed by atoms with Crippen molar-refractivity contribution in [3.05, 3.63) is 35.9 Å². The topological polar surface area (TPSA) is 26.3 Å². The first-order chi connectivity index (χ1) is 9.58. The van der Waals surface area contributed by atoms with E-state index < -0.39 is 23.2 Å². The van der Waals surface area contributed by atoms with E-state index in [2.05, 4.69) is 0 Å². The van der Waals surface area contributed by atoms with E-state index in [0.29, 0.717) is 12.8 Å². The lowest BCUT2D eigenvalue weighted by Crippen LogP contribution is -2.17. The Morgan fingerprint density at radius 1 is 1.15 bits per heavy atom. The second kappa shape index (κ2) is 4.83. The quantitative estimate of drug-likeness (QED) is 0.784. The Bertz CT molecular complexity index is 492. The van der Waals surface area contributed by atoms with Gasteiger partial charge in [0, 0.05) is 0 Å². The smallest absolute Gasteiger partial charge is 0.316 e. The molecule has 108 valence electrons. The van der Waals surface area contributed by atoms with Crippen LogP contribution in [0.2, 0.25) is 0 Å². The first-order valence-electron chi connectivity index (χ1n) is 7.16. The highest BCUT2D eigenvalue weighted by atomic mass is 19.3. The number of hydrogen-bond acceptors (Lipinski definition) is 2. The molecule has 20 heavy (non-hydrogen) atoms. The highest BCUT2D eigenvalue weighted by Gasteiger charge is 2.83. The summed E-state index contributed by atoms with van der Waals surface area (Å²) < 4.78 is 33.1. The van der Waals surface area contributed by atoms with Crippen LogP contribution in [0.3, 0.4) is 0 Å². The van der Waals surface area contributed by atoms with Crippen molar-refractivity contribution in [1.29, 1.82) is 0 Å². The van der Waals surface area contributed by atoms with Crippen LogP contribution < -0.4 is 0 Å². The van der Waals surface area contributed by atoms with Crippen molar-refractivity contribution in [2.24, 2.45) is 11.3 Å². The van der Waals surface area contributed by atoms with Crippen LogP contribution in [0.5, 0.6) is 0 Å². The summed E-state index contributed by atoms with van der Waals surface area (Å²) in [6.07, 6.45) is 3.47. The molecule has 3 rings (SSSR count). The molecule has 0 amide bonds. The summed E-state index contributed by atoms with van der Waals surface area (Å²) in [6.45, 7) is 0.0718. The predicted molar refractivity (Wildman–Crippen MR) is 70.2 cm³/mol. The highest BCUT2D eigenvalue weighted by molar-refractivity contribution is 5.79. The van der Waals surface area contributed by atoms with Gasteiger partial charge in [-0.1, -0.05) is 49.6 Å². The third kappa shape index (κ3) is 2.02. The van der Waals surface area contributed by atoms with Crippen LogP contribution in [-0.4, -0.2) is 11.9 Å². The SMILES string of the molecule is O=C(OCc1ccccc1)C1C(F)(F)C12CCCCC2. The summed E-state index contributed by atoms with van der Waals surface area (Å²) in [5.74, 6) is -4.83. The summed E-state index contributed by atoms with van der Waals surface area (Å²) in [4.78, 5) is 12.0. The second-order valence-electron chi connectivity index (χ2n) is 5.87. The molecule has 1 atom stereocenters. The van der Waals surface area contributed by atoms with Crippen molar-refractivity contribution in [1.82, 2.24) is 0 Å². The molecule has 0 saturated heterocycles. The minimum atomic E-state index is -2.87. The van der Waals surface area contributed by atoms with E-state index in [1.54, 1.807) is 0 Å². The summed E-state index contributed by atoms with van der Waals surface area (Å²) in [6, 6.07) is 9.15. The Labute approximate surface area is 117 Å². The van der Waals surface area contributed by atoms with Gasteiger partial charge >= 0.3 is 5.97 Å². The van der Waals surface area contributed by atoms with Crippen molar-refractivity contribution in [2.75, 3.05) is 0 Å². The average Bonchev–Trinajstić information content (AvgIpc) is 2.92. The van der Waals surface area contributed by atoms with E-state index in [4.69, 9.17) is 4.74 Å². The zero-order valence-corrected chi connectivity index (χ0v) is 11.3. The lowest BCUT2D eigenvalue weighted by molar-refractivity contribution is -0.149. The van der Waals surface area contributed by atoms with Crippen LogP contribution in [0.1, 0.15) is 37.7 Å². The van der Waals surface area contributed by atoms with Gasteiger partial charge < -0.3 is 4.74 Å². The second-order valence-corrected chi connectivity index (χ2v) is 5.87. The lowest BCUT2D eigenvalue weighted by Gasteiger charge is -2.21. The Kier molecular flexibility index (Phi) is 3.27. The van der Waals surface area contributed by atoms with Gasteiger partial charge in [-0.05, 0) is 18.4 Å². The average molecular weight is 280 g/mol. The van der Waals surface area contributed by atoms with Crippen molar-refractivity contribution >= 4 is 5.97 Å². The van der Waals surface area contributed by atoms with Crippen LogP contribution in [0, 0.1) is 11.3 Å². The maximum Gasteiger partial charge on any atom is 0.316 e. The fourth-order valence-electron chi connectivity index (χ4n) is 3.50. The molecule has 2 nitrogen and oxygen atoms in total. The molecule has 0 bridgehead atoms. The Hall–Kier alpha value is -1.45. The van der Waals surface area contributed by atoms with Gasteiger partial charge in [-0.15, -0.1) is 0 Å². The van der Waals surface area contributed by atoms with Gasteiger partial charge in [0.1, 0.15) is 12.5 Å². The molecule has 2 saturated carbocycles. The zero-order valence-electron chi connectivity index (χ0n) is 11.3. The van der Waals surface area contributed by atoms with E-state index in [9.17, 15) is 13.6 Å². The fraction of sp³-hybridized carbons (Fsp3) is 0.562. The minimum absolute atomic E-state index is 0.0718. The Morgan fingerprint density at radius 3 is 2.45 bits per heavy atom. The number of halogens is 2. The van der Waals surface area contributed by atoms with Crippen LogP contribution in [0.4, 0.5) is 8.78 Å². The van der Waals surface area contributed by atoms with E-state index >= 15 is 0 Å². The first-order valence-corrected chi connectivity index (χ1v) is 7.16. The number of rotatable bonds is 3. The number of carbonyl (C=O) groups is 1. The third-order valence-corrected chi connectivity index (χ3v) is 4.70. The standard InChI is InChI=1S/C16H18F2O2/c17-16(18)13(15(16)9-5-2-6-10-15)14(19)20-11-12-7-3-1-4-8-12/h1,3-4,7-8,13H,2,5-6,9-11H2. The maximum absolute atomic E-state index is 14.0. The van der Waals surface area contributed by atoms with E-state index in [-0.39, 0.29) is 6.61 Å². The monoisotopic (exact) mass is 280 g/mol. The number of ether oxygens (including phenoxy) is 1. The number of hydrogen-bond donors (Lipinski definition) is 0. The molecule has 2 fully saturated rings. The van der Waals surface area contributed by atoms with Gasteiger partial charge in [0.25, 0.3) is 5.92 Å². The van der Waals surface area contributed by atoms with Gasteiger partial charge in [0.2, 0.25) is 0 Å². The number of alkyl halides is 2. The van der Waals surface area contributed by atoms with Gasteiger partial charge in [-0.25, -0.2) is 8.78 Å². The molecule has 0 aliphatic heterocycles. The first kappa shape index (κ1) is 13.5. The molecule has 1 unspecified atom stereocenters. The molecular formula is C16H18F2O2. The van der Waals surface area contributed by atoms with Crippen LogP contribution in [0.25, 0.3) is 0 Å². The number of esters is 1. The van der Waals surface area contributed by atoms with E-state index in [1.165, 1.54) is 0 Å². The van der Waals surface area contributed by atoms with E-state index in [0.717, 1.165) is 24.8 Å². The maximum atomic E-state index is 14.0. The molecule has 1 spiro atoms. The predicted octanol–water partition coefficient (Wildman–Crippen LogP) is 3.95. The van der Waals surface area contributed by atoms with Crippen molar-refractivity contribution in [3.8, 4) is 0 Å². The molecule has 4 heteroatoms. The van der Waals surface area contributed by atoms with Crippen molar-refractivity contribution < 1.29 is 18.3 Å². The zero-order chi connectivity index (χ0) is 14.2. The van der Waals surface area contributed by atoms with Gasteiger partial charge in [-0.3, -0.25) is 4.79 Å². The molecular weight excluding hydrogens is 262 g/mol. The molecule has 2 aliphatic carbocycles.